The van der Waals surface area contributed by atoms with Crippen LogP contribution in [0.2, 0.25) is 0 Å². The first-order valence-electron chi connectivity index (χ1n) is 21.7. The zero-order valence-electron chi connectivity index (χ0n) is 35.4. The molecular weight excluding hydrogens is 735 g/mol. The molecule has 2 aromatic rings. The normalized spacial score (nSPS) is 20.4. The first-order chi connectivity index (χ1) is 28.0. The lowest BCUT2D eigenvalue weighted by atomic mass is 9.85. The fourth-order valence-corrected chi connectivity index (χ4v) is 8.39. The predicted octanol–water partition coefficient (Wildman–Crippen LogP) is 3.26. The highest BCUT2D eigenvalue weighted by Crippen LogP contribution is 2.25. The summed E-state index contributed by atoms with van der Waals surface area (Å²) in [6.07, 6.45) is 2.69. The zero-order valence-corrected chi connectivity index (χ0v) is 35.4. The fourth-order valence-electron chi connectivity index (χ4n) is 8.39. The van der Waals surface area contributed by atoms with Crippen molar-refractivity contribution in [2.75, 3.05) is 85.7 Å². The molecule has 5 amide bonds. The lowest BCUT2D eigenvalue weighted by Crippen LogP contribution is -2.66. The van der Waals surface area contributed by atoms with E-state index in [1.807, 2.05) is 86.5 Å². The number of aliphatic hydroxyl groups excluding tert-OH is 1. The number of hydrogen-bond acceptors (Lipinski definition) is 8. The van der Waals surface area contributed by atoms with Gasteiger partial charge in [-0.3, -0.25) is 19.3 Å². The first kappa shape index (κ1) is 45.1. The third kappa shape index (κ3) is 13.0. The van der Waals surface area contributed by atoms with Crippen LogP contribution in [0.5, 0.6) is 0 Å². The number of hydrogen-bond donors (Lipinski definition) is 3. The smallest absolute Gasteiger partial charge is 0.320 e. The summed E-state index contributed by atoms with van der Waals surface area (Å²) < 4.78 is 5.45. The van der Waals surface area contributed by atoms with Gasteiger partial charge in [0, 0.05) is 71.2 Å². The molecule has 0 saturated carbocycles. The Hall–Kier alpha value is -4.04. The van der Waals surface area contributed by atoms with Crippen LogP contribution in [0.1, 0.15) is 64.0 Å². The van der Waals surface area contributed by atoms with Crippen LogP contribution in [0.3, 0.4) is 0 Å². The minimum Gasteiger partial charge on any atom is -0.391 e. The average molecular weight is 804 g/mol. The molecule has 0 aliphatic carbocycles. The molecular formula is C45H69N7O6. The molecule has 0 aromatic heterocycles. The minimum absolute atomic E-state index is 0.0386. The Morgan fingerprint density at radius 1 is 0.845 bits per heavy atom. The Morgan fingerprint density at radius 2 is 1.50 bits per heavy atom. The number of urea groups is 1. The van der Waals surface area contributed by atoms with Crippen molar-refractivity contribution in [2.45, 2.75) is 89.9 Å². The van der Waals surface area contributed by atoms with Crippen molar-refractivity contribution < 1.29 is 29.0 Å². The minimum atomic E-state index is -1.03. The molecule has 5 atom stereocenters. The molecule has 0 spiro atoms. The van der Waals surface area contributed by atoms with Gasteiger partial charge in [0.15, 0.2) is 0 Å². The van der Waals surface area contributed by atoms with Gasteiger partial charge in [-0.15, -0.1) is 0 Å². The Bertz CT molecular complexity index is 1570. The molecule has 2 aromatic carbocycles. The van der Waals surface area contributed by atoms with E-state index in [0.717, 1.165) is 76.3 Å². The molecule has 3 aliphatic heterocycles. The highest BCUT2D eigenvalue weighted by molar-refractivity contribution is 5.93. The van der Waals surface area contributed by atoms with E-state index in [9.17, 15) is 24.3 Å². The second-order valence-electron chi connectivity index (χ2n) is 16.7. The fraction of sp³-hybridized carbons (Fsp3) is 0.644. The molecule has 3 saturated heterocycles. The van der Waals surface area contributed by atoms with Gasteiger partial charge >= 0.3 is 6.03 Å². The molecule has 3 N–H and O–H groups in total. The maximum Gasteiger partial charge on any atom is 0.320 e. The Labute approximate surface area is 346 Å². The van der Waals surface area contributed by atoms with E-state index in [4.69, 9.17) is 4.74 Å². The predicted molar refractivity (Wildman–Crippen MR) is 226 cm³/mol. The number of rotatable bonds is 19. The molecule has 3 heterocycles. The number of piperazine rings is 2. The van der Waals surface area contributed by atoms with Crippen molar-refractivity contribution in [3.8, 4) is 0 Å². The van der Waals surface area contributed by atoms with E-state index in [0.29, 0.717) is 45.4 Å². The number of nitrogens with one attached hydrogen (secondary N) is 2. The highest BCUT2D eigenvalue weighted by atomic mass is 16.5. The Morgan fingerprint density at radius 3 is 2.14 bits per heavy atom. The number of carbonyl (C=O) groups is 4. The van der Waals surface area contributed by atoms with Gasteiger partial charge in [-0.25, -0.2) is 4.79 Å². The van der Waals surface area contributed by atoms with Gasteiger partial charge in [0.05, 0.1) is 25.4 Å². The number of amides is 5. The third-order valence-electron chi connectivity index (χ3n) is 12.1. The van der Waals surface area contributed by atoms with Gasteiger partial charge in [-0.2, -0.15) is 0 Å². The first-order valence-corrected chi connectivity index (χ1v) is 21.7. The molecule has 5 rings (SSSR count). The number of likely N-dealkylation sites (N-methyl/N-ethyl adjacent to an activating group) is 1. The molecule has 3 fully saturated rings. The molecule has 13 heteroatoms. The summed E-state index contributed by atoms with van der Waals surface area (Å²) in [6.45, 7) is 14.0. The summed E-state index contributed by atoms with van der Waals surface area (Å²) >= 11 is 0. The van der Waals surface area contributed by atoms with Crippen molar-refractivity contribution >= 4 is 23.8 Å². The van der Waals surface area contributed by atoms with E-state index in [1.54, 1.807) is 9.80 Å². The van der Waals surface area contributed by atoms with Crippen LogP contribution in [-0.4, -0.2) is 163 Å². The van der Waals surface area contributed by atoms with Crippen molar-refractivity contribution in [3.63, 3.8) is 0 Å². The zero-order chi connectivity index (χ0) is 41.4. The molecule has 58 heavy (non-hydrogen) atoms. The molecule has 0 unspecified atom stereocenters. The summed E-state index contributed by atoms with van der Waals surface area (Å²) in [5.74, 6) is -1.16. The SMILES string of the molecule is CCCC[C@@H](C(=O)N[C@@H](Cc1ccccc1)[C@@H](O)C[C@H](C(=O)NCCCN1CCOCC1)C(C)C)N1CCN(C(=O)N2CCN(C)CC2)[C@H](Cc2ccccc2)C1=O. The van der Waals surface area contributed by atoms with Gasteiger partial charge in [0.2, 0.25) is 17.7 Å². The standard InChI is InChI=1S/C45H69N7O6/c1-5-6-18-39(51-25-26-52(45(57)50-23-21-48(4)22-24-50)40(44(51)56)32-36-16-11-8-12-17-36)43(55)47-38(31-35-14-9-7-10-15-35)41(53)33-37(34(2)3)42(54)46-19-13-20-49-27-29-58-30-28-49/h7-12,14-17,34,37-41,53H,5-6,13,18-33H2,1-4H3,(H,46,54)(H,47,55)/t37-,38-,39-,40+,41-/m0/s1. The second kappa shape index (κ2) is 22.9. The Kier molecular flexibility index (Phi) is 17.8. The second-order valence-corrected chi connectivity index (χ2v) is 16.7. The summed E-state index contributed by atoms with van der Waals surface area (Å²) in [6, 6.07) is 17.1. The van der Waals surface area contributed by atoms with Gasteiger partial charge in [-0.1, -0.05) is 94.3 Å². The maximum atomic E-state index is 14.7. The van der Waals surface area contributed by atoms with E-state index in [1.165, 1.54) is 0 Å². The summed E-state index contributed by atoms with van der Waals surface area (Å²) in [5, 5.41) is 18.3. The summed E-state index contributed by atoms with van der Waals surface area (Å²) in [5.41, 5.74) is 1.89. The molecule has 0 bridgehead atoms. The van der Waals surface area contributed by atoms with E-state index in [-0.39, 0.29) is 42.6 Å². The number of ether oxygens (including phenoxy) is 1. The van der Waals surface area contributed by atoms with Crippen LogP contribution in [0.25, 0.3) is 0 Å². The van der Waals surface area contributed by atoms with Crippen LogP contribution < -0.4 is 10.6 Å². The largest absolute Gasteiger partial charge is 0.391 e. The van der Waals surface area contributed by atoms with Gasteiger partial charge < -0.3 is 40.1 Å². The molecule has 3 aliphatic rings. The van der Waals surface area contributed by atoms with Crippen molar-refractivity contribution in [1.82, 2.24) is 35.1 Å². The molecule has 320 valence electrons. The van der Waals surface area contributed by atoms with Crippen molar-refractivity contribution in [1.29, 1.82) is 0 Å². The third-order valence-corrected chi connectivity index (χ3v) is 12.1. The van der Waals surface area contributed by atoms with E-state index in [2.05, 4.69) is 27.4 Å². The van der Waals surface area contributed by atoms with Crippen LogP contribution >= 0.6 is 0 Å². The topological polar surface area (TPSA) is 138 Å². The number of aliphatic hydroxyl groups is 1. The number of benzene rings is 2. The van der Waals surface area contributed by atoms with Crippen molar-refractivity contribution in [2.24, 2.45) is 11.8 Å². The Balaban J connectivity index is 1.32. The summed E-state index contributed by atoms with van der Waals surface area (Å²) in [7, 11) is 2.04. The van der Waals surface area contributed by atoms with Crippen LogP contribution in [0, 0.1) is 11.8 Å². The van der Waals surface area contributed by atoms with Gasteiger partial charge in [0.25, 0.3) is 0 Å². The molecule has 13 nitrogen and oxygen atoms in total. The number of morpholine rings is 1. The quantitative estimate of drug-likeness (QED) is 0.184. The van der Waals surface area contributed by atoms with Crippen LogP contribution in [0.15, 0.2) is 60.7 Å². The summed E-state index contributed by atoms with van der Waals surface area (Å²) in [4.78, 5) is 66.7. The van der Waals surface area contributed by atoms with E-state index < -0.39 is 30.1 Å². The van der Waals surface area contributed by atoms with Gasteiger partial charge in [0.1, 0.15) is 12.1 Å². The maximum absolute atomic E-state index is 14.7. The van der Waals surface area contributed by atoms with Crippen LogP contribution in [-0.2, 0) is 32.0 Å². The number of carbonyl (C=O) groups excluding carboxylic acids is 4. The van der Waals surface area contributed by atoms with Crippen molar-refractivity contribution in [3.05, 3.63) is 71.8 Å². The lowest BCUT2D eigenvalue weighted by molar-refractivity contribution is -0.149. The number of unbranched alkanes of at least 4 members (excludes halogenated alkanes) is 1. The van der Waals surface area contributed by atoms with Crippen LogP contribution in [0.4, 0.5) is 4.79 Å². The molecule has 0 radical (unpaired) electrons. The van der Waals surface area contributed by atoms with Gasteiger partial charge in [-0.05, 0) is 56.3 Å². The monoisotopic (exact) mass is 804 g/mol. The van der Waals surface area contributed by atoms with E-state index >= 15 is 0 Å². The average Bonchev–Trinajstić information content (AvgIpc) is 3.23. The lowest BCUT2D eigenvalue weighted by Gasteiger charge is -2.46. The highest BCUT2D eigenvalue weighted by Gasteiger charge is 2.44. The number of nitrogens with zero attached hydrogens (tertiary/aromatic N) is 5.